The molecule has 0 saturated heterocycles. The first-order chi connectivity index (χ1) is 11.2. The van der Waals surface area contributed by atoms with Crippen LogP contribution in [-0.2, 0) is 17.6 Å². The molecule has 1 aliphatic carbocycles. The molecular weight excluding hydrogens is 326 g/mol. The third kappa shape index (κ3) is 2.93. The molecule has 4 rings (SSSR count). The van der Waals surface area contributed by atoms with E-state index in [0.29, 0.717) is 11.0 Å². The van der Waals surface area contributed by atoms with Crippen molar-refractivity contribution in [2.45, 2.75) is 25.7 Å². The van der Waals surface area contributed by atoms with Crippen molar-refractivity contribution in [2.24, 2.45) is 5.92 Å². The molecule has 1 amide bonds. The number of amides is 1. The summed E-state index contributed by atoms with van der Waals surface area (Å²) in [6.07, 6.45) is 5.75. The van der Waals surface area contributed by atoms with E-state index in [0.717, 1.165) is 44.5 Å². The first-order valence-electron chi connectivity index (χ1n) is 7.96. The molecule has 4 nitrogen and oxygen atoms in total. The average Bonchev–Trinajstić information content (AvgIpc) is 3.22. The van der Waals surface area contributed by atoms with E-state index in [1.807, 2.05) is 4.90 Å². The maximum absolute atomic E-state index is 12.8. The summed E-state index contributed by atoms with van der Waals surface area (Å²) in [6.45, 7) is 1.57. The Morgan fingerprint density at radius 2 is 2.30 bits per heavy atom. The SMILES string of the molecule is Nc1nc2c(s1)CC(C(=O)N1CC=C(c3cccs3)CC1)CC2. The number of nitrogen functional groups attached to an aromatic ring is 1. The molecule has 0 spiro atoms. The topological polar surface area (TPSA) is 59.2 Å². The highest BCUT2D eigenvalue weighted by Gasteiger charge is 2.31. The first-order valence-corrected chi connectivity index (χ1v) is 9.66. The Balaban J connectivity index is 1.43. The molecule has 1 atom stereocenters. The van der Waals surface area contributed by atoms with Gasteiger partial charge in [-0.15, -0.1) is 22.7 Å². The highest BCUT2D eigenvalue weighted by atomic mass is 32.1. The highest BCUT2D eigenvalue weighted by Crippen LogP contribution is 2.33. The summed E-state index contributed by atoms with van der Waals surface area (Å²) in [5.74, 6) is 0.392. The van der Waals surface area contributed by atoms with E-state index >= 15 is 0 Å². The number of anilines is 1. The lowest BCUT2D eigenvalue weighted by Crippen LogP contribution is -2.40. The molecule has 23 heavy (non-hydrogen) atoms. The molecular formula is C17H19N3OS2. The fraction of sp³-hybridized carbons (Fsp3) is 0.412. The number of hydrogen-bond acceptors (Lipinski definition) is 5. The van der Waals surface area contributed by atoms with Crippen molar-refractivity contribution >= 4 is 39.3 Å². The van der Waals surface area contributed by atoms with Gasteiger partial charge in [0.25, 0.3) is 0 Å². The van der Waals surface area contributed by atoms with Gasteiger partial charge in [-0.05, 0) is 42.7 Å². The zero-order chi connectivity index (χ0) is 15.8. The Kier molecular flexibility index (Phi) is 3.95. The van der Waals surface area contributed by atoms with Crippen molar-refractivity contribution in [2.75, 3.05) is 18.8 Å². The third-order valence-electron chi connectivity index (χ3n) is 4.66. The molecule has 0 saturated carbocycles. The second-order valence-corrected chi connectivity index (χ2v) is 8.17. The summed E-state index contributed by atoms with van der Waals surface area (Å²) in [6, 6.07) is 4.24. The molecule has 1 unspecified atom stereocenters. The third-order valence-corrected chi connectivity index (χ3v) is 6.56. The van der Waals surface area contributed by atoms with Crippen LogP contribution in [0.1, 0.15) is 28.3 Å². The van der Waals surface area contributed by atoms with Gasteiger partial charge in [-0.1, -0.05) is 12.1 Å². The lowest BCUT2D eigenvalue weighted by molar-refractivity contribution is -0.135. The smallest absolute Gasteiger partial charge is 0.226 e. The van der Waals surface area contributed by atoms with Gasteiger partial charge in [0, 0.05) is 28.8 Å². The molecule has 120 valence electrons. The van der Waals surface area contributed by atoms with Crippen molar-refractivity contribution in [1.29, 1.82) is 0 Å². The Bertz CT molecular complexity index is 748. The van der Waals surface area contributed by atoms with Crippen LogP contribution < -0.4 is 5.73 Å². The summed E-state index contributed by atoms with van der Waals surface area (Å²) in [5, 5.41) is 2.73. The summed E-state index contributed by atoms with van der Waals surface area (Å²) < 4.78 is 0. The van der Waals surface area contributed by atoms with Crippen LogP contribution in [0.15, 0.2) is 23.6 Å². The molecule has 6 heteroatoms. The number of nitrogens with zero attached hydrogens (tertiary/aromatic N) is 2. The lowest BCUT2D eigenvalue weighted by atomic mass is 9.89. The second-order valence-electron chi connectivity index (χ2n) is 6.10. The summed E-state index contributed by atoms with van der Waals surface area (Å²) in [4.78, 5) is 21.7. The van der Waals surface area contributed by atoms with E-state index in [1.54, 1.807) is 22.7 Å². The van der Waals surface area contributed by atoms with Crippen molar-refractivity contribution < 1.29 is 4.79 Å². The van der Waals surface area contributed by atoms with Gasteiger partial charge in [0.1, 0.15) is 0 Å². The first kappa shape index (κ1) is 14.9. The number of hydrogen-bond donors (Lipinski definition) is 1. The van der Waals surface area contributed by atoms with E-state index in [9.17, 15) is 4.79 Å². The quantitative estimate of drug-likeness (QED) is 0.909. The van der Waals surface area contributed by atoms with Crippen molar-refractivity contribution in [3.05, 3.63) is 39.0 Å². The van der Waals surface area contributed by atoms with Gasteiger partial charge in [-0.25, -0.2) is 4.98 Å². The van der Waals surface area contributed by atoms with Crippen LogP contribution in [0.25, 0.3) is 5.57 Å². The van der Waals surface area contributed by atoms with Crippen molar-refractivity contribution in [3.8, 4) is 0 Å². The summed E-state index contributed by atoms with van der Waals surface area (Å²) in [7, 11) is 0. The minimum Gasteiger partial charge on any atom is -0.375 e. The number of thiophene rings is 1. The Hall–Kier alpha value is -1.66. The standard InChI is InChI=1S/C17H19N3OS2/c18-17-19-13-4-3-12(10-15(13)23-17)16(21)20-7-5-11(6-8-20)14-2-1-9-22-14/h1-2,5,9,12H,3-4,6-8,10H2,(H2,18,19). The van der Waals surface area contributed by atoms with Crippen LogP contribution in [0, 0.1) is 5.92 Å². The van der Waals surface area contributed by atoms with Gasteiger partial charge < -0.3 is 10.6 Å². The normalized spacial score (nSPS) is 21.0. The number of thiazole rings is 1. The van der Waals surface area contributed by atoms with Gasteiger partial charge in [0.05, 0.1) is 5.69 Å². The average molecular weight is 345 g/mol. The molecule has 2 aliphatic rings. The molecule has 1 aliphatic heterocycles. The minimum absolute atomic E-state index is 0.0963. The summed E-state index contributed by atoms with van der Waals surface area (Å²) in [5.41, 5.74) is 8.28. The molecule has 3 heterocycles. The molecule has 0 radical (unpaired) electrons. The number of carbonyl (C=O) groups excluding carboxylic acids is 1. The monoisotopic (exact) mass is 345 g/mol. The predicted molar refractivity (Wildman–Crippen MR) is 95.5 cm³/mol. The van der Waals surface area contributed by atoms with Gasteiger partial charge in [0.2, 0.25) is 5.91 Å². The van der Waals surface area contributed by atoms with E-state index < -0.39 is 0 Å². The second kappa shape index (κ2) is 6.09. The molecule has 0 fully saturated rings. The van der Waals surface area contributed by atoms with Crippen molar-refractivity contribution in [3.63, 3.8) is 0 Å². The van der Waals surface area contributed by atoms with Crippen LogP contribution in [0.4, 0.5) is 5.13 Å². The summed E-state index contributed by atoms with van der Waals surface area (Å²) >= 11 is 3.31. The van der Waals surface area contributed by atoms with E-state index in [2.05, 4.69) is 28.6 Å². The Labute approximate surface area is 143 Å². The number of aryl methyl sites for hydroxylation is 1. The fourth-order valence-corrected chi connectivity index (χ4v) is 5.17. The number of aromatic nitrogens is 1. The van der Waals surface area contributed by atoms with Crippen LogP contribution in [-0.4, -0.2) is 28.9 Å². The molecule has 2 aromatic rings. The van der Waals surface area contributed by atoms with Crippen LogP contribution in [0.5, 0.6) is 0 Å². The van der Waals surface area contributed by atoms with Crippen molar-refractivity contribution in [1.82, 2.24) is 9.88 Å². The number of carbonyl (C=O) groups is 1. The van der Waals surface area contributed by atoms with Crippen LogP contribution in [0.2, 0.25) is 0 Å². The number of fused-ring (bicyclic) bond motifs is 1. The van der Waals surface area contributed by atoms with Gasteiger partial charge in [0.15, 0.2) is 5.13 Å². The molecule has 0 bridgehead atoms. The van der Waals surface area contributed by atoms with Gasteiger partial charge in [-0.3, -0.25) is 4.79 Å². The van der Waals surface area contributed by atoms with Gasteiger partial charge >= 0.3 is 0 Å². The minimum atomic E-state index is 0.0963. The number of nitrogens with two attached hydrogens (primary N) is 1. The zero-order valence-electron chi connectivity index (χ0n) is 12.8. The number of rotatable bonds is 2. The van der Waals surface area contributed by atoms with E-state index in [1.165, 1.54) is 15.3 Å². The maximum Gasteiger partial charge on any atom is 0.226 e. The Morgan fingerprint density at radius 3 is 3.04 bits per heavy atom. The zero-order valence-corrected chi connectivity index (χ0v) is 14.5. The molecule has 2 N–H and O–H groups in total. The van der Waals surface area contributed by atoms with E-state index in [4.69, 9.17) is 5.73 Å². The lowest BCUT2D eigenvalue weighted by Gasteiger charge is -2.31. The largest absolute Gasteiger partial charge is 0.375 e. The van der Waals surface area contributed by atoms with Crippen LogP contribution >= 0.6 is 22.7 Å². The Morgan fingerprint density at radius 1 is 1.39 bits per heavy atom. The van der Waals surface area contributed by atoms with Gasteiger partial charge in [-0.2, -0.15) is 0 Å². The predicted octanol–water partition coefficient (Wildman–Crippen LogP) is 3.21. The maximum atomic E-state index is 12.8. The molecule has 0 aromatic carbocycles. The van der Waals surface area contributed by atoms with E-state index in [-0.39, 0.29) is 5.92 Å². The van der Waals surface area contributed by atoms with Crippen LogP contribution in [0.3, 0.4) is 0 Å². The molecule has 2 aromatic heterocycles. The fourth-order valence-electron chi connectivity index (χ4n) is 3.42. The highest BCUT2D eigenvalue weighted by molar-refractivity contribution is 7.15.